The topological polar surface area (TPSA) is 0 Å². The molecule has 16 heavy (non-hydrogen) atoms. The number of benzene rings is 1. The minimum absolute atomic E-state index is 0.647. The van der Waals surface area contributed by atoms with Crippen LogP contribution in [0.2, 0.25) is 0 Å². The van der Waals surface area contributed by atoms with E-state index in [1.807, 2.05) is 13.8 Å². The Morgan fingerprint density at radius 3 is 2.12 bits per heavy atom. The second-order valence-corrected chi connectivity index (χ2v) is 4.83. The summed E-state index contributed by atoms with van der Waals surface area (Å²) in [6.07, 6.45) is 2.51. The van der Waals surface area contributed by atoms with Crippen LogP contribution in [0.15, 0.2) is 24.3 Å². The van der Waals surface area contributed by atoms with Crippen molar-refractivity contribution in [1.29, 1.82) is 0 Å². The first-order chi connectivity index (χ1) is 7.59. The Morgan fingerprint density at radius 1 is 1.00 bits per heavy atom. The molecule has 0 nitrogen and oxygen atoms in total. The Bertz CT molecular complexity index is 271. The van der Waals surface area contributed by atoms with Crippen LogP contribution in [0.4, 0.5) is 0 Å². The molecule has 0 saturated carbocycles. The fourth-order valence-electron chi connectivity index (χ4n) is 1.56. The third-order valence-electron chi connectivity index (χ3n) is 2.63. The first-order valence-corrected chi connectivity index (χ1v) is 6.68. The molecule has 0 aliphatic rings. The minimum Gasteiger partial charge on any atom is -0.0683 e. The third kappa shape index (κ3) is 5.95. The van der Waals surface area contributed by atoms with Crippen molar-refractivity contribution in [3.63, 3.8) is 0 Å². The van der Waals surface area contributed by atoms with Gasteiger partial charge in [-0.2, -0.15) is 0 Å². The molecule has 0 heteroatoms. The monoisotopic (exact) mass is 220 g/mol. The molecule has 1 aromatic rings. The van der Waals surface area contributed by atoms with Crippen LogP contribution in [0, 0.1) is 5.92 Å². The second-order valence-electron chi connectivity index (χ2n) is 4.83. The second kappa shape index (κ2) is 8.38. The third-order valence-corrected chi connectivity index (χ3v) is 2.63. The van der Waals surface area contributed by atoms with E-state index in [2.05, 4.69) is 52.0 Å². The molecule has 0 aliphatic heterocycles. The van der Waals surface area contributed by atoms with Gasteiger partial charge in [-0.3, -0.25) is 0 Å². The highest BCUT2D eigenvalue weighted by molar-refractivity contribution is 5.25. The molecule has 0 atom stereocenters. The molecule has 92 valence electrons. The molecular weight excluding hydrogens is 192 g/mol. The summed E-state index contributed by atoms with van der Waals surface area (Å²) < 4.78 is 0. The molecule has 1 rings (SSSR count). The zero-order valence-corrected chi connectivity index (χ0v) is 11.9. The van der Waals surface area contributed by atoms with Gasteiger partial charge in [0.2, 0.25) is 0 Å². The van der Waals surface area contributed by atoms with E-state index in [4.69, 9.17) is 0 Å². The predicted molar refractivity (Wildman–Crippen MR) is 75.0 cm³/mol. The van der Waals surface area contributed by atoms with Gasteiger partial charge in [-0.05, 0) is 35.8 Å². The van der Waals surface area contributed by atoms with Crippen LogP contribution in [-0.2, 0) is 6.42 Å². The van der Waals surface area contributed by atoms with E-state index in [1.165, 1.54) is 24.0 Å². The average molecular weight is 220 g/mol. The maximum atomic E-state index is 2.35. The lowest BCUT2D eigenvalue weighted by Crippen LogP contribution is -1.94. The van der Waals surface area contributed by atoms with Crippen LogP contribution in [0.25, 0.3) is 0 Å². The van der Waals surface area contributed by atoms with Gasteiger partial charge < -0.3 is 0 Å². The van der Waals surface area contributed by atoms with Crippen LogP contribution < -0.4 is 0 Å². The van der Waals surface area contributed by atoms with Gasteiger partial charge in [0, 0.05) is 0 Å². The van der Waals surface area contributed by atoms with Crippen molar-refractivity contribution in [2.45, 2.75) is 60.3 Å². The number of hydrogen-bond acceptors (Lipinski definition) is 0. The standard InChI is InChI=1S/C14H22.C2H6/c1-11(2)8-9-13-6-5-7-14(10-13)12(3)4;1-2/h5-7,10-12H,8-9H2,1-4H3;1-2H3. The highest BCUT2D eigenvalue weighted by Gasteiger charge is 2.01. The summed E-state index contributed by atoms with van der Waals surface area (Å²) in [4.78, 5) is 0. The summed E-state index contributed by atoms with van der Waals surface area (Å²) in [5.74, 6) is 1.45. The van der Waals surface area contributed by atoms with Gasteiger partial charge in [-0.15, -0.1) is 0 Å². The van der Waals surface area contributed by atoms with Crippen molar-refractivity contribution in [2.75, 3.05) is 0 Å². The van der Waals surface area contributed by atoms with Gasteiger partial charge in [-0.25, -0.2) is 0 Å². The van der Waals surface area contributed by atoms with E-state index in [0.717, 1.165) is 5.92 Å². The summed E-state index contributed by atoms with van der Waals surface area (Å²) in [6.45, 7) is 13.1. The van der Waals surface area contributed by atoms with Crippen molar-refractivity contribution in [3.05, 3.63) is 35.4 Å². The fourth-order valence-corrected chi connectivity index (χ4v) is 1.56. The first kappa shape index (κ1) is 15.2. The van der Waals surface area contributed by atoms with Crippen LogP contribution in [-0.4, -0.2) is 0 Å². The van der Waals surface area contributed by atoms with Gasteiger partial charge in [-0.1, -0.05) is 65.8 Å². The molecular formula is C16H28. The lowest BCUT2D eigenvalue weighted by molar-refractivity contribution is 0.586. The van der Waals surface area contributed by atoms with Gasteiger partial charge in [0.05, 0.1) is 0 Å². The maximum Gasteiger partial charge on any atom is -0.0219 e. The molecule has 0 bridgehead atoms. The summed E-state index contributed by atoms with van der Waals surface area (Å²) in [5.41, 5.74) is 2.95. The normalized spacial score (nSPS) is 10.2. The minimum atomic E-state index is 0.647. The predicted octanol–water partition coefficient (Wildman–Crippen LogP) is 5.42. The molecule has 0 saturated heterocycles. The zero-order valence-electron chi connectivity index (χ0n) is 11.9. The largest absolute Gasteiger partial charge is 0.0683 e. The van der Waals surface area contributed by atoms with Crippen LogP contribution in [0.1, 0.15) is 65.0 Å². The van der Waals surface area contributed by atoms with Crippen molar-refractivity contribution in [3.8, 4) is 0 Å². The Kier molecular flexibility index (Phi) is 7.97. The highest BCUT2D eigenvalue weighted by atomic mass is 14.1. The smallest absolute Gasteiger partial charge is 0.0219 e. The van der Waals surface area contributed by atoms with Crippen molar-refractivity contribution in [1.82, 2.24) is 0 Å². The summed E-state index contributed by atoms with van der Waals surface area (Å²) in [5, 5.41) is 0. The van der Waals surface area contributed by atoms with Crippen molar-refractivity contribution >= 4 is 0 Å². The zero-order chi connectivity index (χ0) is 12.6. The molecule has 0 unspecified atom stereocenters. The average Bonchev–Trinajstić information content (AvgIpc) is 2.29. The lowest BCUT2D eigenvalue weighted by Gasteiger charge is -2.09. The molecule has 0 amide bonds. The molecule has 0 heterocycles. The van der Waals surface area contributed by atoms with Crippen LogP contribution in [0.3, 0.4) is 0 Å². The van der Waals surface area contributed by atoms with E-state index >= 15 is 0 Å². The van der Waals surface area contributed by atoms with Gasteiger partial charge in [0.15, 0.2) is 0 Å². The Morgan fingerprint density at radius 2 is 1.62 bits per heavy atom. The molecule has 0 N–H and O–H groups in total. The highest BCUT2D eigenvalue weighted by Crippen LogP contribution is 2.17. The SMILES string of the molecule is CC.CC(C)CCc1cccc(C(C)C)c1. The number of aryl methyl sites for hydroxylation is 1. The summed E-state index contributed by atoms with van der Waals surface area (Å²) >= 11 is 0. The van der Waals surface area contributed by atoms with E-state index in [0.29, 0.717) is 5.92 Å². The molecule has 1 aromatic carbocycles. The first-order valence-electron chi connectivity index (χ1n) is 6.68. The lowest BCUT2D eigenvalue weighted by atomic mass is 9.97. The van der Waals surface area contributed by atoms with Gasteiger partial charge in [0.25, 0.3) is 0 Å². The van der Waals surface area contributed by atoms with E-state index in [-0.39, 0.29) is 0 Å². The number of hydrogen-bond donors (Lipinski definition) is 0. The van der Waals surface area contributed by atoms with Crippen molar-refractivity contribution in [2.24, 2.45) is 5.92 Å². The van der Waals surface area contributed by atoms with Crippen molar-refractivity contribution < 1.29 is 0 Å². The molecule has 0 spiro atoms. The summed E-state index contributed by atoms with van der Waals surface area (Å²) in [6, 6.07) is 9.01. The summed E-state index contributed by atoms with van der Waals surface area (Å²) in [7, 11) is 0. The Balaban J connectivity index is 0.00000106. The molecule has 0 aromatic heterocycles. The number of rotatable bonds is 4. The van der Waals surface area contributed by atoms with Gasteiger partial charge in [0.1, 0.15) is 0 Å². The molecule has 0 aliphatic carbocycles. The molecule has 0 fully saturated rings. The van der Waals surface area contributed by atoms with E-state index in [9.17, 15) is 0 Å². The van der Waals surface area contributed by atoms with Crippen LogP contribution >= 0.6 is 0 Å². The van der Waals surface area contributed by atoms with Gasteiger partial charge >= 0.3 is 0 Å². The molecule has 0 radical (unpaired) electrons. The Hall–Kier alpha value is -0.780. The Labute approximate surface area is 102 Å². The van der Waals surface area contributed by atoms with Crippen LogP contribution in [0.5, 0.6) is 0 Å². The van der Waals surface area contributed by atoms with E-state index in [1.54, 1.807) is 0 Å². The maximum absolute atomic E-state index is 2.35. The quantitative estimate of drug-likeness (QED) is 0.635. The fraction of sp³-hybridized carbons (Fsp3) is 0.625. The van der Waals surface area contributed by atoms with E-state index < -0.39 is 0 Å².